The fourth-order valence-electron chi connectivity index (χ4n) is 3.68. The molecule has 0 spiro atoms. The van der Waals surface area contributed by atoms with Gasteiger partial charge in [0, 0.05) is 57.1 Å². The Bertz CT molecular complexity index is 917. The highest BCUT2D eigenvalue weighted by molar-refractivity contribution is 14.0. The molecule has 0 saturated carbocycles. The van der Waals surface area contributed by atoms with E-state index in [4.69, 9.17) is 9.47 Å². The van der Waals surface area contributed by atoms with Crippen molar-refractivity contribution in [1.82, 2.24) is 10.2 Å². The number of hydrogen-bond acceptors (Lipinski definition) is 5. The number of anilines is 2. The molecule has 2 aromatic carbocycles. The third-order valence-electron chi connectivity index (χ3n) is 5.39. The number of aliphatic imine (C=N–C) groups is 1. The minimum absolute atomic E-state index is 0. The number of hydrogen-bond donors (Lipinski definition) is 2. The van der Waals surface area contributed by atoms with Crippen LogP contribution in [0.25, 0.3) is 0 Å². The number of fused-ring (bicyclic) bond motifs is 1. The van der Waals surface area contributed by atoms with E-state index in [0.717, 1.165) is 30.9 Å². The molecule has 2 aliphatic heterocycles. The third-order valence-corrected chi connectivity index (χ3v) is 5.39. The van der Waals surface area contributed by atoms with E-state index >= 15 is 0 Å². The lowest BCUT2D eigenvalue weighted by atomic mass is 10.2. The maximum Gasteiger partial charge on any atom is 0.242 e. The first-order valence-corrected chi connectivity index (χ1v) is 10.7. The number of carbonyl (C=O) groups excluding carboxylic acids is 1. The van der Waals surface area contributed by atoms with Crippen LogP contribution in [0.3, 0.4) is 0 Å². The van der Waals surface area contributed by atoms with Crippen molar-refractivity contribution in [3.8, 4) is 11.5 Å². The smallest absolute Gasteiger partial charge is 0.242 e. The minimum Gasteiger partial charge on any atom is -0.490 e. The number of para-hydroxylation sites is 1. The van der Waals surface area contributed by atoms with Gasteiger partial charge in [0.1, 0.15) is 0 Å². The maximum absolute atomic E-state index is 12.7. The Labute approximate surface area is 206 Å². The van der Waals surface area contributed by atoms with Crippen molar-refractivity contribution in [2.45, 2.75) is 6.42 Å². The second kappa shape index (κ2) is 11.8. The molecular formula is C23H30IN5O3. The van der Waals surface area contributed by atoms with Crippen LogP contribution in [0, 0.1) is 0 Å². The molecule has 2 aliphatic rings. The molecule has 0 atom stereocenters. The van der Waals surface area contributed by atoms with Crippen LogP contribution >= 0.6 is 24.0 Å². The summed E-state index contributed by atoms with van der Waals surface area (Å²) in [4.78, 5) is 21.1. The van der Waals surface area contributed by atoms with E-state index in [2.05, 4.69) is 32.7 Å². The van der Waals surface area contributed by atoms with Crippen molar-refractivity contribution in [2.24, 2.45) is 4.99 Å². The molecule has 2 heterocycles. The summed E-state index contributed by atoms with van der Waals surface area (Å²) < 4.78 is 11.4. The van der Waals surface area contributed by atoms with Crippen LogP contribution in [-0.4, -0.2) is 69.8 Å². The summed E-state index contributed by atoms with van der Waals surface area (Å²) >= 11 is 0. The van der Waals surface area contributed by atoms with E-state index in [1.54, 1.807) is 7.05 Å². The molecule has 0 bridgehead atoms. The Morgan fingerprint density at radius 1 is 1.00 bits per heavy atom. The lowest BCUT2D eigenvalue weighted by Gasteiger charge is -2.36. The fourth-order valence-corrected chi connectivity index (χ4v) is 3.68. The number of amides is 1. The first-order chi connectivity index (χ1) is 15.2. The highest BCUT2D eigenvalue weighted by Crippen LogP contribution is 2.32. The van der Waals surface area contributed by atoms with Gasteiger partial charge in [-0.3, -0.25) is 9.79 Å². The van der Waals surface area contributed by atoms with E-state index in [-0.39, 0.29) is 36.4 Å². The monoisotopic (exact) mass is 551 g/mol. The molecule has 9 heteroatoms. The molecule has 1 saturated heterocycles. The quantitative estimate of drug-likeness (QED) is 0.346. The summed E-state index contributed by atoms with van der Waals surface area (Å²) in [6.45, 7) is 4.57. The summed E-state index contributed by atoms with van der Waals surface area (Å²) in [7, 11) is 1.68. The van der Waals surface area contributed by atoms with Gasteiger partial charge >= 0.3 is 0 Å². The number of benzene rings is 2. The number of guanidine groups is 1. The van der Waals surface area contributed by atoms with Gasteiger partial charge in [0.05, 0.1) is 19.8 Å². The van der Waals surface area contributed by atoms with Crippen molar-refractivity contribution >= 4 is 47.2 Å². The molecule has 0 radical (unpaired) electrons. The highest BCUT2D eigenvalue weighted by atomic mass is 127. The summed E-state index contributed by atoms with van der Waals surface area (Å²) in [5.74, 6) is 2.06. The lowest BCUT2D eigenvalue weighted by Crippen LogP contribution is -2.51. The fraction of sp³-hybridized carbons (Fsp3) is 0.391. The van der Waals surface area contributed by atoms with Crippen molar-refractivity contribution in [3.05, 3.63) is 48.5 Å². The molecule has 0 aromatic heterocycles. The number of halogens is 1. The molecule has 4 rings (SSSR count). The number of nitrogens with zero attached hydrogens (tertiary/aromatic N) is 3. The van der Waals surface area contributed by atoms with Gasteiger partial charge in [-0.1, -0.05) is 18.2 Å². The predicted octanol–water partition coefficient (Wildman–Crippen LogP) is 2.80. The van der Waals surface area contributed by atoms with Gasteiger partial charge in [-0.15, -0.1) is 24.0 Å². The second-order valence-electron chi connectivity index (χ2n) is 7.47. The Balaban J connectivity index is 0.00000289. The predicted molar refractivity (Wildman–Crippen MR) is 138 cm³/mol. The molecule has 2 N–H and O–H groups in total. The van der Waals surface area contributed by atoms with E-state index in [9.17, 15) is 4.79 Å². The Kier molecular flexibility index (Phi) is 8.83. The molecule has 2 aromatic rings. The normalized spacial score (nSPS) is 16.0. The molecule has 1 amide bonds. The van der Waals surface area contributed by atoms with E-state index in [0.29, 0.717) is 38.0 Å². The topological polar surface area (TPSA) is 78.4 Å². The molecule has 0 aliphatic carbocycles. The Morgan fingerprint density at radius 3 is 2.44 bits per heavy atom. The molecule has 32 heavy (non-hydrogen) atoms. The third kappa shape index (κ3) is 6.18. The van der Waals surface area contributed by atoms with E-state index in [1.807, 2.05) is 41.3 Å². The summed E-state index contributed by atoms with van der Waals surface area (Å²) in [5, 5.41) is 6.32. The molecule has 172 valence electrons. The lowest BCUT2D eigenvalue weighted by molar-refractivity contribution is -0.130. The van der Waals surface area contributed by atoms with Crippen LogP contribution in [-0.2, 0) is 4.79 Å². The average Bonchev–Trinajstić information content (AvgIpc) is 3.07. The van der Waals surface area contributed by atoms with Crippen molar-refractivity contribution < 1.29 is 14.3 Å². The average molecular weight is 551 g/mol. The minimum atomic E-state index is 0. The zero-order chi connectivity index (χ0) is 21.5. The number of rotatable bonds is 4. The Morgan fingerprint density at radius 2 is 1.72 bits per heavy atom. The first-order valence-electron chi connectivity index (χ1n) is 10.7. The summed E-state index contributed by atoms with van der Waals surface area (Å²) in [5.41, 5.74) is 2.02. The zero-order valence-electron chi connectivity index (χ0n) is 18.3. The number of carbonyl (C=O) groups is 1. The van der Waals surface area contributed by atoms with E-state index < -0.39 is 0 Å². The first kappa shape index (κ1) is 24.0. The molecule has 8 nitrogen and oxygen atoms in total. The van der Waals surface area contributed by atoms with Gasteiger partial charge in [0.25, 0.3) is 0 Å². The van der Waals surface area contributed by atoms with Crippen LogP contribution in [0.4, 0.5) is 11.4 Å². The van der Waals surface area contributed by atoms with Crippen LogP contribution in [0.1, 0.15) is 6.42 Å². The second-order valence-corrected chi connectivity index (χ2v) is 7.47. The van der Waals surface area contributed by atoms with Gasteiger partial charge in [0.15, 0.2) is 17.5 Å². The van der Waals surface area contributed by atoms with Gasteiger partial charge in [-0.25, -0.2) is 0 Å². The maximum atomic E-state index is 12.7. The molecule has 0 unspecified atom stereocenters. The van der Waals surface area contributed by atoms with Crippen LogP contribution in [0.2, 0.25) is 0 Å². The number of nitrogens with one attached hydrogen (secondary N) is 2. The van der Waals surface area contributed by atoms with Gasteiger partial charge < -0.3 is 29.9 Å². The highest BCUT2D eigenvalue weighted by Gasteiger charge is 2.21. The number of piperazine rings is 1. The standard InChI is InChI=1S/C23H29N5O3.HI/c1-24-23(26-18-8-9-20-21(16-18)31-15-5-14-30-20)25-17-22(29)28-12-10-27(11-13-28)19-6-3-2-4-7-19;/h2-4,6-9,16H,5,10-15,17H2,1H3,(H2,24,25,26);1H. The van der Waals surface area contributed by atoms with Gasteiger partial charge in [-0.2, -0.15) is 0 Å². The van der Waals surface area contributed by atoms with Gasteiger partial charge in [-0.05, 0) is 24.3 Å². The molecule has 1 fully saturated rings. The van der Waals surface area contributed by atoms with Crippen molar-refractivity contribution in [2.75, 3.05) is 63.2 Å². The van der Waals surface area contributed by atoms with Crippen LogP contribution in [0.5, 0.6) is 11.5 Å². The Hall–Kier alpha value is -2.69. The van der Waals surface area contributed by atoms with Crippen molar-refractivity contribution in [1.29, 1.82) is 0 Å². The van der Waals surface area contributed by atoms with E-state index in [1.165, 1.54) is 5.69 Å². The van der Waals surface area contributed by atoms with Crippen molar-refractivity contribution in [3.63, 3.8) is 0 Å². The number of ether oxygens (including phenoxy) is 2. The van der Waals surface area contributed by atoms with Gasteiger partial charge in [0.2, 0.25) is 5.91 Å². The SMILES string of the molecule is CN=C(NCC(=O)N1CCN(c2ccccc2)CC1)Nc1ccc2c(c1)OCCCO2.I. The zero-order valence-corrected chi connectivity index (χ0v) is 20.6. The summed E-state index contributed by atoms with van der Waals surface area (Å²) in [6, 6.07) is 16.0. The van der Waals surface area contributed by atoms with Crippen LogP contribution < -0.4 is 25.0 Å². The summed E-state index contributed by atoms with van der Waals surface area (Å²) in [6.07, 6.45) is 0.863. The largest absolute Gasteiger partial charge is 0.490 e. The van der Waals surface area contributed by atoms with Crippen LogP contribution in [0.15, 0.2) is 53.5 Å². The molecular weight excluding hydrogens is 521 g/mol.